The Labute approximate surface area is 184 Å². The normalized spacial score (nSPS) is 13.3. The van der Waals surface area contributed by atoms with Gasteiger partial charge in [-0.1, -0.05) is 71.1 Å². The molecule has 0 aliphatic heterocycles. The molecule has 0 aliphatic rings. The minimum Gasteiger partial charge on any atom is -0.481 e. The van der Waals surface area contributed by atoms with E-state index in [1.54, 1.807) is 13.8 Å². The number of carbonyl (C=O) groups is 1. The molecule has 0 amide bonds. The average molecular weight is 439 g/mol. The van der Waals surface area contributed by atoms with Gasteiger partial charge in [-0.25, -0.2) is 0 Å². The van der Waals surface area contributed by atoms with E-state index in [0.717, 1.165) is 12.8 Å². The summed E-state index contributed by atoms with van der Waals surface area (Å²) in [5.74, 6) is -0.657. The highest BCUT2D eigenvalue weighted by molar-refractivity contribution is 5.66. The molecule has 3 atom stereocenters. The number of carboxylic acid groups (broad SMARTS) is 1. The molecule has 0 rings (SSSR count). The van der Waals surface area contributed by atoms with Crippen LogP contribution >= 0.6 is 0 Å². The Balaban J connectivity index is -0.000000435. The fourth-order valence-corrected chi connectivity index (χ4v) is 2.30. The first-order valence-corrected chi connectivity index (χ1v) is 11.6. The number of unbranched alkanes of at least 4 members (excludes halogenated alkanes) is 10. The molecule has 0 spiro atoms. The minimum absolute atomic E-state index is 0.00667. The van der Waals surface area contributed by atoms with E-state index in [2.05, 4.69) is 6.92 Å². The molecule has 184 valence electrons. The van der Waals surface area contributed by atoms with Gasteiger partial charge in [-0.2, -0.15) is 0 Å². The van der Waals surface area contributed by atoms with Crippen LogP contribution in [-0.2, 0) is 9.53 Å². The molecule has 3 unspecified atom stereocenters. The Hall–Kier alpha value is -0.730. The van der Waals surface area contributed by atoms with Crippen LogP contribution in [0.5, 0.6) is 0 Å². The van der Waals surface area contributed by atoms with Gasteiger partial charge < -0.3 is 30.3 Å². The van der Waals surface area contributed by atoms with E-state index in [-0.39, 0.29) is 19.3 Å². The predicted molar refractivity (Wildman–Crippen MR) is 122 cm³/mol. The summed E-state index contributed by atoms with van der Waals surface area (Å²) in [6, 6.07) is 0. The molecule has 0 fully saturated rings. The fourth-order valence-electron chi connectivity index (χ4n) is 2.30. The van der Waals surface area contributed by atoms with Gasteiger partial charge >= 0.3 is 5.97 Å². The molecule has 0 saturated heterocycles. The topological polar surface area (TPSA) is 127 Å². The third-order valence-electron chi connectivity index (χ3n) is 4.14. The molecule has 0 aromatic heterocycles. The van der Waals surface area contributed by atoms with E-state index >= 15 is 0 Å². The smallest absolute Gasteiger partial charge is 0.303 e. The number of hydrogen-bond acceptors (Lipinski definition) is 6. The first-order chi connectivity index (χ1) is 14.2. The second kappa shape index (κ2) is 28.3. The molecule has 30 heavy (non-hydrogen) atoms. The first kappa shape index (κ1) is 33.9. The Morgan fingerprint density at radius 2 is 1.13 bits per heavy atom. The maximum atomic E-state index is 10.3. The van der Waals surface area contributed by atoms with E-state index < -0.39 is 18.2 Å². The Morgan fingerprint density at radius 3 is 1.43 bits per heavy atom. The first-order valence-electron chi connectivity index (χ1n) is 11.6. The van der Waals surface area contributed by atoms with Crippen LogP contribution in [0.15, 0.2) is 0 Å². The molecule has 0 aliphatic carbocycles. The second-order valence-electron chi connectivity index (χ2n) is 7.89. The van der Waals surface area contributed by atoms with Crippen LogP contribution in [0.3, 0.4) is 0 Å². The van der Waals surface area contributed by atoms with Crippen molar-refractivity contribution in [1.29, 1.82) is 0 Å². The largest absolute Gasteiger partial charge is 0.481 e. The van der Waals surface area contributed by atoms with Gasteiger partial charge in [-0.3, -0.25) is 4.79 Å². The zero-order valence-corrected chi connectivity index (χ0v) is 19.9. The van der Waals surface area contributed by atoms with Gasteiger partial charge in [-0.15, -0.1) is 0 Å². The number of aliphatic carboxylic acids is 1. The van der Waals surface area contributed by atoms with Gasteiger partial charge in [0.25, 0.3) is 0 Å². The summed E-state index contributed by atoms with van der Waals surface area (Å²) in [7, 11) is 0. The third-order valence-corrected chi connectivity index (χ3v) is 4.14. The molecule has 0 bridgehead atoms. The zero-order valence-electron chi connectivity index (χ0n) is 19.9. The summed E-state index contributed by atoms with van der Waals surface area (Å²) in [4.78, 5) is 10.3. The molecule has 7 nitrogen and oxygen atoms in total. The van der Waals surface area contributed by atoms with Crippen LogP contribution in [0.2, 0.25) is 0 Å². The molecule has 0 heterocycles. The van der Waals surface area contributed by atoms with Crippen LogP contribution in [0.4, 0.5) is 0 Å². The van der Waals surface area contributed by atoms with E-state index in [1.807, 2.05) is 0 Å². The molecule has 0 aromatic rings. The second-order valence-corrected chi connectivity index (χ2v) is 7.89. The van der Waals surface area contributed by atoms with Gasteiger partial charge in [0.15, 0.2) is 0 Å². The lowest BCUT2D eigenvalue weighted by atomic mass is 10.1. The van der Waals surface area contributed by atoms with Crippen LogP contribution in [0, 0.1) is 0 Å². The third kappa shape index (κ3) is 41.6. The number of aliphatic hydroxyl groups is 4. The van der Waals surface area contributed by atoms with Gasteiger partial charge in [0.1, 0.15) is 0 Å². The van der Waals surface area contributed by atoms with Crippen molar-refractivity contribution in [3.8, 4) is 0 Å². The maximum absolute atomic E-state index is 10.3. The van der Waals surface area contributed by atoms with Crippen molar-refractivity contribution in [2.24, 2.45) is 0 Å². The lowest BCUT2D eigenvalue weighted by Crippen LogP contribution is -2.19. The number of carboxylic acids is 1. The molecular weight excluding hydrogens is 388 g/mol. The Bertz CT molecular complexity index is 323. The van der Waals surface area contributed by atoms with Crippen molar-refractivity contribution in [2.75, 3.05) is 19.8 Å². The minimum atomic E-state index is -0.657. The predicted octanol–water partition coefficient (Wildman–Crippen LogP) is 3.90. The summed E-state index contributed by atoms with van der Waals surface area (Å²) in [6.07, 6.45) is 13.2. The van der Waals surface area contributed by atoms with Crippen LogP contribution in [0.25, 0.3) is 0 Å². The van der Waals surface area contributed by atoms with Gasteiger partial charge in [-0.05, 0) is 27.2 Å². The molecule has 7 heteroatoms. The van der Waals surface area contributed by atoms with Crippen molar-refractivity contribution in [3.05, 3.63) is 0 Å². The molecule has 0 saturated carbocycles. The van der Waals surface area contributed by atoms with Crippen LogP contribution < -0.4 is 0 Å². The van der Waals surface area contributed by atoms with Gasteiger partial charge in [0, 0.05) is 6.42 Å². The molecular formula is C23H50O7. The number of ether oxygens (including phenoxy) is 1. The summed E-state index contributed by atoms with van der Waals surface area (Å²) >= 11 is 0. The van der Waals surface area contributed by atoms with E-state index in [0.29, 0.717) is 13.0 Å². The van der Waals surface area contributed by atoms with E-state index in [1.165, 1.54) is 64.7 Å². The SMILES string of the molecule is CC(O)CO.CC(O)COC(C)CO.CCCCCCCCCCCCCC(=O)O. The highest BCUT2D eigenvalue weighted by atomic mass is 16.5. The summed E-state index contributed by atoms with van der Waals surface area (Å²) in [5, 5.41) is 41.6. The maximum Gasteiger partial charge on any atom is 0.303 e. The lowest BCUT2D eigenvalue weighted by Gasteiger charge is -2.10. The van der Waals surface area contributed by atoms with Crippen molar-refractivity contribution < 1.29 is 35.1 Å². The van der Waals surface area contributed by atoms with Crippen LogP contribution in [0.1, 0.15) is 105 Å². The highest BCUT2D eigenvalue weighted by Gasteiger charge is 2.01. The highest BCUT2D eigenvalue weighted by Crippen LogP contribution is 2.11. The number of rotatable bonds is 17. The summed E-state index contributed by atoms with van der Waals surface area (Å²) < 4.78 is 4.95. The average Bonchev–Trinajstić information content (AvgIpc) is 2.70. The quantitative estimate of drug-likeness (QED) is 0.218. The standard InChI is InChI=1S/C14H28O2.C6H14O3.C3H8O2/c1-2-3-4-5-6-7-8-9-10-11-12-13-14(15)16;1-5(8)4-9-6(2)3-7;1-3(5)2-4/h2-13H2,1H3,(H,15,16);5-8H,3-4H2,1-2H3;3-5H,2H2,1H3. The fraction of sp³-hybridized carbons (Fsp3) is 0.957. The van der Waals surface area contributed by atoms with E-state index in [4.69, 9.17) is 30.3 Å². The van der Waals surface area contributed by atoms with E-state index in [9.17, 15) is 4.79 Å². The van der Waals surface area contributed by atoms with Crippen molar-refractivity contribution >= 4 is 5.97 Å². The molecule has 5 N–H and O–H groups in total. The monoisotopic (exact) mass is 438 g/mol. The summed E-state index contributed by atoms with van der Waals surface area (Å²) in [6.45, 7) is 7.33. The van der Waals surface area contributed by atoms with Crippen molar-refractivity contribution in [2.45, 2.75) is 123 Å². The van der Waals surface area contributed by atoms with Gasteiger partial charge in [0.05, 0.1) is 38.1 Å². The zero-order chi connectivity index (χ0) is 23.6. The molecule has 0 radical (unpaired) electrons. The number of aliphatic hydroxyl groups excluding tert-OH is 4. The van der Waals surface area contributed by atoms with Crippen molar-refractivity contribution in [3.63, 3.8) is 0 Å². The Kier molecular flexibility index (Phi) is 31.9. The molecule has 0 aromatic carbocycles. The van der Waals surface area contributed by atoms with Crippen LogP contribution in [-0.4, -0.2) is 69.6 Å². The Morgan fingerprint density at radius 1 is 0.733 bits per heavy atom. The lowest BCUT2D eigenvalue weighted by molar-refractivity contribution is -0.137. The summed E-state index contributed by atoms with van der Waals surface area (Å²) in [5.41, 5.74) is 0. The number of hydrogen-bond donors (Lipinski definition) is 5. The van der Waals surface area contributed by atoms with Gasteiger partial charge in [0.2, 0.25) is 0 Å². The van der Waals surface area contributed by atoms with Crippen molar-refractivity contribution in [1.82, 2.24) is 0 Å².